The van der Waals surface area contributed by atoms with Crippen molar-refractivity contribution in [3.8, 4) is 11.5 Å². The van der Waals surface area contributed by atoms with Gasteiger partial charge in [-0.15, -0.1) is 0 Å². The van der Waals surface area contributed by atoms with Crippen molar-refractivity contribution in [2.75, 3.05) is 6.61 Å². The van der Waals surface area contributed by atoms with E-state index >= 15 is 0 Å². The molecule has 0 aliphatic heterocycles. The van der Waals surface area contributed by atoms with Crippen molar-refractivity contribution >= 4 is 5.97 Å². The molecule has 106 valence electrons. The van der Waals surface area contributed by atoms with Gasteiger partial charge in [-0.3, -0.25) is 4.68 Å². The number of rotatable bonds is 4. The minimum atomic E-state index is -0.385. The van der Waals surface area contributed by atoms with E-state index in [-0.39, 0.29) is 11.9 Å². The average molecular weight is 274 g/mol. The van der Waals surface area contributed by atoms with E-state index in [2.05, 4.69) is 15.1 Å². The highest BCUT2D eigenvalue weighted by molar-refractivity contribution is 5.90. The molecule has 2 aromatic heterocycles. The highest BCUT2D eigenvalue weighted by Gasteiger charge is 2.19. The number of hydrogen-bond acceptors (Lipinski definition) is 5. The van der Waals surface area contributed by atoms with Crippen LogP contribution in [0.15, 0.2) is 18.5 Å². The molecule has 0 spiro atoms. The lowest BCUT2D eigenvalue weighted by Gasteiger charge is -2.11. The van der Waals surface area contributed by atoms with Gasteiger partial charge in [-0.1, -0.05) is 13.8 Å². The van der Waals surface area contributed by atoms with Gasteiger partial charge in [0, 0.05) is 19.4 Å². The molecule has 0 amide bonds. The van der Waals surface area contributed by atoms with Crippen LogP contribution < -0.4 is 0 Å². The molecule has 0 saturated heterocycles. The van der Waals surface area contributed by atoms with Gasteiger partial charge in [0.1, 0.15) is 5.69 Å². The van der Waals surface area contributed by atoms with Crippen molar-refractivity contribution in [1.29, 1.82) is 0 Å². The topological polar surface area (TPSA) is 69.9 Å². The predicted octanol–water partition coefficient (Wildman–Crippen LogP) is 2.18. The van der Waals surface area contributed by atoms with Gasteiger partial charge in [-0.25, -0.2) is 14.8 Å². The van der Waals surface area contributed by atoms with Crippen LogP contribution in [-0.2, 0) is 11.8 Å². The molecule has 0 aliphatic carbocycles. The Kier molecular flexibility index (Phi) is 4.12. The zero-order valence-corrected chi connectivity index (χ0v) is 12.1. The minimum Gasteiger partial charge on any atom is -0.462 e. The van der Waals surface area contributed by atoms with Crippen LogP contribution in [0.25, 0.3) is 11.5 Å². The second-order valence-electron chi connectivity index (χ2n) is 4.74. The van der Waals surface area contributed by atoms with Crippen molar-refractivity contribution < 1.29 is 9.53 Å². The average Bonchev–Trinajstić information content (AvgIpc) is 2.85. The Morgan fingerprint density at radius 2 is 2.20 bits per heavy atom. The summed E-state index contributed by atoms with van der Waals surface area (Å²) in [6, 6.07) is 1.84. The Morgan fingerprint density at radius 3 is 2.75 bits per heavy atom. The fourth-order valence-electron chi connectivity index (χ4n) is 1.86. The highest BCUT2D eigenvalue weighted by atomic mass is 16.5. The van der Waals surface area contributed by atoms with Crippen molar-refractivity contribution in [1.82, 2.24) is 19.7 Å². The molecule has 2 aromatic rings. The Morgan fingerprint density at radius 1 is 1.45 bits per heavy atom. The lowest BCUT2D eigenvalue weighted by Crippen LogP contribution is -2.12. The zero-order chi connectivity index (χ0) is 14.7. The standard InChI is InChI=1S/C14H18N4O2/c1-5-20-14(19)10-8-15-13(16-12(10)9(2)3)11-6-7-18(4)17-11/h6-9H,5H2,1-4H3. The van der Waals surface area contributed by atoms with Crippen molar-refractivity contribution in [3.63, 3.8) is 0 Å². The van der Waals surface area contributed by atoms with Crippen LogP contribution in [0.4, 0.5) is 0 Å². The van der Waals surface area contributed by atoms with E-state index in [1.165, 1.54) is 6.20 Å². The maximum absolute atomic E-state index is 11.9. The molecule has 0 atom stereocenters. The third-order valence-corrected chi connectivity index (χ3v) is 2.80. The predicted molar refractivity (Wildman–Crippen MR) is 74.3 cm³/mol. The summed E-state index contributed by atoms with van der Waals surface area (Å²) in [5.74, 6) is 0.228. The summed E-state index contributed by atoms with van der Waals surface area (Å²) in [5, 5.41) is 4.27. The lowest BCUT2D eigenvalue weighted by molar-refractivity contribution is 0.0523. The Labute approximate surface area is 117 Å². The monoisotopic (exact) mass is 274 g/mol. The maximum Gasteiger partial charge on any atom is 0.341 e. The van der Waals surface area contributed by atoms with Crippen LogP contribution in [0.1, 0.15) is 42.7 Å². The molecular weight excluding hydrogens is 256 g/mol. The molecule has 0 aliphatic rings. The first-order valence-electron chi connectivity index (χ1n) is 6.57. The van der Waals surface area contributed by atoms with Gasteiger partial charge in [-0.2, -0.15) is 5.10 Å². The van der Waals surface area contributed by atoms with Gasteiger partial charge in [0.15, 0.2) is 5.82 Å². The Hall–Kier alpha value is -2.24. The molecule has 20 heavy (non-hydrogen) atoms. The molecule has 0 aromatic carbocycles. The summed E-state index contributed by atoms with van der Waals surface area (Å²) in [6.07, 6.45) is 3.34. The van der Waals surface area contributed by atoms with Crippen LogP contribution in [0, 0.1) is 0 Å². The van der Waals surface area contributed by atoms with Crippen molar-refractivity contribution in [2.45, 2.75) is 26.7 Å². The molecule has 0 N–H and O–H groups in total. The second kappa shape index (κ2) is 5.81. The summed E-state index contributed by atoms with van der Waals surface area (Å²) in [7, 11) is 1.83. The fourth-order valence-corrected chi connectivity index (χ4v) is 1.86. The Bertz CT molecular complexity index is 619. The number of carbonyl (C=O) groups excluding carboxylic acids is 1. The van der Waals surface area contributed by atoms with E-state index < -0.39 is 0 Å². The van der Waals surface area contributed by atoms with Gasteiger partial charge < -0.3 is 4.74 Å². The molecule has 0 radical (unpaired) electrons. The highest BCUT2D eigenvalue weighted by Crippen LogP contribution is 2.21. The van der Waals surface area contributed by atoms with Gasteiger partial charge in [0.25, 0.3) is 0 Å². The lowest BCUT2D eigenvalue weighted by atomic mass is 10.1. The number of hydrogen-bond donors (Lipinski definition) is 0. The third-order valence-electron chi connectivity index (χ3n) is 2.80. The molecular formula is C14H18N4O2. The first-order chi connectivity index (χ1) is 9.52. The molecule has 2 heterocycles. The smallest absolute Gasteiger partial charge is 0.341 e. The maximum atomic E-state index is 11.9. The van der Waals surface area contributed by atoms with Crippen LogP contribution in [0.2, 0.25) is 0 Å². The minimum absolute atomic E-state index is 0.0971. The summed E-state index contributed by atoms with van der Waals surface area (Å²) in [4.78, 5) is 20.6. The number of nitrogens with zero attached hydrogens (tertiary/aromatic N) is 4. The SMILES string of the molecule is CCOC(=O)c1cnc(-c2ccn(C)n2)nc1C(C)C. The molecule has 0 fully saturated rings. The van der Waals surface area contributed by atoms with Crippen molar-refractivity contribution in [3.05, 3.63) is 29.7 Å². The Balaban J connectivity index is 2.45. The van der Waals surface area contributed by atoms with E-state index in [4.69, 9.17) is 4.74 Å². The number of carbonyl (C=O) groups is 1. The first-order valence-corrected chi connectivity index (χ1v) is 6.57. The first kappa shape index (κ1) is 14.2. The van der Waals surface area contributed by atoms with E-state index in [1.54, 1.807) is 11.6 Å². The summed E-state index contributed by atoms with van der Waals surface area (Å²) >= 11 is 0. The van der Waals surface area contributed by atoms with Crippen LogP contribution in [0.5, 0.6) is 0 Å². The van der Waals surface area contributed by atoms with E-state index in [9.17, 15) is 4.79 Å². The van der Waals surface area contributed by atoms with E-state index in [1.807, 2.05) is 33.2 Å². The number of aryl methyl sites for hydroxylation is 1. The van der Waals surface area contributed by atoms with Crippen LogP contribution >= 0.6 is 0 Å². The number of esters is 1. The van der Waals surface area contributed by atoms with Gasteiger partial charge in [-0.05, 0) is 18.9 Å². The molecule has 0 unspecified atom stereocenters. The number of aromatic nitrogens is 4. The van der Waals surface area contributed by atoms with Gasteiger partial charge >= 0.3 is 5.97 Å². The summed E-state index contributed by atoms with van der Waals surface area (Å²) in [6.45, 7) is 6.06. The number of ether oxygens (including phenoxy) is 1. The molecule has 0 bridgehead atoms. The van der Waals surface area contributed by atoms with Crippen molar-refractivity contribution in [2.24, 2.45) is 7.05 Å². The van der Waals surface area contributed by atoms with Gasteiger partial charge in [0.05, 0.1) is 17.9 Å². The quantitative estimate of drug-likeness (QED) is 0.799. The summed E-state index contributed by atoms with van der Waals surface area (Å²) in [5.41, 5.74) is 1.78. The largest absolute Gasteiger partial charge is 0.462 e. The normalized spacial score (nSPS) is 10.8. The van der Waals surface area contributed by atoms with Crippen LogP contribution in [-0.4, -0.2) is 32.3 Å². The fraction of sp³-hybridized carbons (Fsp3) is 0.429. The molecule has 6 nitrogen and oxygen atoms in total. The zero-order valence-electron chi connectivity index (χ0n) is 12.1. The van der Waals surface area contributed by atoms with Crippen LogP contribution in [0.3, 0.4) is 0 Å². The van der Waals surface area contributed by atoms with E-state index in [0.29, 0.717) is 29.4 Å². The molecule has 0 saturated carbocycles. The molecule has 6 heteroatoms. The molecule has 2 rings (SSSR count). The van der Waals surface area contributed by atoms with Gasteiger partial charge in [0.2, 0.25) is 0 Å². The summed E-state index contributed by atoms with van der Waals surface area (Å²) < 4.78 is 6.72. The second-order valence-corrected chi connectivity index (χ2v) is 4.74. The third kappa shape index (κ3) is 2.84. The van der Waals surface area contributed by atoms with E-state index in [0.717, 1.165) is 0 Å².